The average molecular weight is 380 g/mol. The third-order valence-electron chi connectivity index (χ3n) is 5.62. The number of benzene rings is 1. The molecule has 1 amide bonds. The van der Waals surface area contributed by atoms with Crippen molar-refractivity contribution in [3.8, 4) is 0 Å². The predicted octanol–water partition coefficient (Wildman–Crippen LogP) is 4.88. The van der Waals surface area contributed by atoms with Gasteiger partial charge < -0.3 is 11.1 Å². The first kappa shape index (κ1) is 18.0. The quantitative estimate of drug-likeness (QED) is 0.678. The molecular weight excluding hydrogens is 354 g/mol. The average Bonchev–Trinajstić information content (AvgIpc) is 3.02. The van der Waals surface area contributed by atoms with Crippen molar-refractivity contribution in [3.63, 3.8) is 0 Å². The lowest BCUT2D eigenvalue weighted by molar-refractivity contribution is 0.0945. The molecule has 1 aromatic carbocycles. The molecule has 5 heteroatoms. The van der Waals surface area contributed by atoms with Gasteiger partial charge in [-0.3, -0.25) is 4.79 Å². The van der Waals surface area contributed by atoms with E-state index in [1.54, 1.807) is 0 Å². The molecule has 2 heterocycles. The van der Waals surface area contributed by atoms with Crippen LogP contribution >= 0.6 is 11.3 Å². The Hall–Kier alpha value is -2.40. The molecule has 0 radical (unpaired) electrons. The zero-order valence-corrected chi connectivity index (χ0v) is 16.6. The Morgan fingerprint density at radius 1 is 1.37 bits per heavy atom. The minimum Gasteiger partial charge on any atom is -0.397 e. The Balaban J connectivity index is 1.62. The number of nitrogens with two attached hydrogens (primary N) is 1. The second-order valence-electron chi connectivity index (χ2n) is 7.41. The molecule has 3 N–H and O–H groups in total. The maximum Gasteiger partial charge on any atom is 0.264 e. The minimum atomic E-state index is -0.128. The van der Waals surface area contributed by atoms with Gasteiger partial charge in [0.1, 0.15) is 9.71 Å². The van der Waals surface area contributed by atoms with Gasteiger partial charge in [0.25, 0.3) is 5.91 Å². The number of aromatic nitrogens is 1. The van der Waals surface area contributed by atoms with Gasteiger partial charge in [-0.05, 0) is 49.3 Å². The van der Waals surface area contributed by atoms with Crippen LogP contribution in [0.15, 0.2) is 36.4 Å². The van der Waals surface area contributed by atoms with Gasteiger partial charge in [-0.2, -0.15) is 0 Å². The van der Waals surface area contributed by atoms with Crippen molar-refractivity contribution >= 4 is 33.1 Å². The largest absolute Gasteiger partial charge is 0.397 e. The summed E-state index contributed by atoms with van der Waals surface area (Å²) in [6.45, 7) is 4.23. The van der Waals surface area contributed by atoms with Crippen molar-refractivity contribution in [1.82, 2.24) is 10.3 Å². The highest BCUT2D eigenvalue weighted by molar-refractivity contribution is 7.21. The first-order chi connectivity index (χ1) is 13.1. The third-order valence-corrected chi connectivity index (χ3v) is 6.73. The van der Waals surface area contributed by atoms with Crippen LogP contribution in [0.3, 0.4) is 0 Å². The summed E-state index contributed by atoms with van der Waals surface area (Å²) in [6, 6.07) is 12.0. The van der Waals surface area contributed by atoms with E-state index in [1.807, 2.05) is 37.3 Å². The molecule has 0 spiro atoms. The first-order valence-electron chi connectivity index (χ1n) is 9.63. The maximum absolute atomic E-state index is 12.8. The van der Waals surface area contributed by atoms with Gasteiger partial charge in [0.2, 0.25) is 0 Å². The molecule has 1 aliphatic rings. The smallest absolute Gasteiger partial charge is 0.264 e. The number of hydrogen-bond acceptors (Lipinski definition) is 4. The molecule has 0 saturated heterocycles. The third kappa shape index (κ3) is 3.44. The predicted molar refractivity (Wildman–Crippen MR) is 112 cm³/mol. The molecule has 27 heavy (non-hydrogen) atoms. The fourth-order valence-corrected chi connectivity index (χ4v) is 4.87. The van der Waals surface area contributed by atoms with E-state index in [0.717, 1.165) is 34.5 Å². The Labute approximate surface area is 163 Å². The fourth-order valence-electron chi connectivity index (χ4n) is 3.87. The monoisotopic (exact) mass is 379 g/mol. The van der Waals surface area contributed by atoms with E-state index in [-0.39, 0.29) is 11.9 Å². The Morgan fingerprint density at radius 2 is 2.15 bits per heavy atom. The summed E-state index contributed by atoms with van der Waals surface area (Å²) >= 11 is 1.40. The number of nitrogens with zero attached hydrogens (tertiary/aromatic N) is 1. The van der Waals surface area contributed by atoms with Crippen LogP contribution in [0.4, 0.5) is 5.69 Å². The van der Waals surface area contributed by atoms with E-state index in [4.69, 9.17) is 10.7 Å². The highest BCUT2D eigenvalue weighted by Crippen LogP contribution is 2.37. The van der Waals surface area contributed by atoms with Crippen molar-refractivity contribution in [2.24, 2.45) is 5.92 Å². The van der Waals surface area contributed by atoms with Crippen LogP contribution in [-0.2, 0) is 12.8 Å². The van der Waals surface area contributed by atoms with Crippen LogP contribution in [0.2, 0.25) is 0 Å². The van der Waals surface area contributed by atoms with Crippen molar-refractivity contribution in [2.45, 2.75) is 45.6 Å². The van der Waals surface area contributed by atoms with E-state index in [9.17, 15) is 4.79 Å². The lowest BCUT2D eigenvalue weighted by Gasteiger charge is -2.22. The molecule has 140 valence electrons. The highest BCUT2D eigenvalue weighted by Gasteiger charge is 2.23. The van der Waals surface area contributed by atoms with Crippen LogP contribution in [0, 0.1) is 5.92 Å². The number of nitrogen functional groups attached to an aromatic ring is 1. The van der Waals surface area contributed by atoms with Gasteiger partial charge in [0.05, 0.1) is 11.7 Å². The van der Waals surface area contributed by atoms with Gasteiger partial charge in [-0.1, -0.05) is 43.7 Å². The number of rotatable bonds is 4. The summed E-state index contributed by atoms with van der Waals surface area (Å²) < 4.78 is 0. The summed E-state index contributed by atoms with van der Waals surface area (Å²) in [6.07, 6.45) is 4.48. The number of carbonyl (C=O) groups is 1. The number of anilines is 1. The van der Waals surface area contributed by atoms with Crippen molar-refractivity contribution in [2.75, 3.05) is 5.73 Å². The van der Waals surface area contributed by atoms with Crippen molar-refractivity contribution in [3.05, 3.63) is 58.1 Å². The second kappa shape index (κ2) is 7.31. The van der Waals surface area contributed by atoms with Crippen molar-refractivity contribution in [1.29, 1.82) is 0 Å². The number of amides is 1. The lowest BCUT2D eigenvalue weighted by atomic mass is 9.85. The molecule has 0 saturated carbocycles. The maximum atomic E-state index is 12.8. The van der Waals surface area contributed by atoms with E-state index in [0.29, 0.717) is 10.6 Å². The van der Waals surface area contributed by atoms with Crippen LogP contribution in [-0.4, -0.2) is 10.9 Å². The molecule has 0 fully saturated rings. The number of aryl methyl sites for hydroxylation is 1. The Bertz CT molecular complexity index is 980. The van der Waals surface area contributed by atoms with Gasteiger partial charge in [-0.15, -0.1) is 11.3 Å². The summed E-state index contributed by atoms with van der Waals surface area (Å²) in [5, 5.41) is 3.99. The number of thiophene rings is 1. The lowest BCUT2D eigenvalue weighted by Crippen LogP contribution is -2.26. The SMILES string of the molecule is CCC1CCc2nc3sc(C(=O)NC(C)c4ccccc4)c(N)c3cc2C1. The van der Waals surface area contributed by atoms with E-state index in [2.05, 4.69) is 18.3 Å². The second-order valence-corrected chi connectivity index (χ2v) is 8.41. The molecule has 0 aliphatic heterocycles. The minimum absolute atomic E-state index is 0.0743. The van der Waals surface area contributed by atoms with Crippen LogP contribution in [0.25, 0.3) is 10.2 Å². The molecule has 4 nitrogen and oxygen atoms in total. The van der Waals surface area contributed by atoms with E-state index in [1.165, 1.54) is 35.4 Å². The zero-order valence-electron chi connectivity index (χ0n) is 15.8. The fraction of sp³-hybridized carbons (Fsp3) is 0.364. The first-order valence-corrected chi connectivity index (χ1v) is 10.4. The number of hydrogen-bond donors (Lipinski definition) is 2. The number of fused-ring (bicyclic) bond motifs is 2. The van der Waals surface area contributed by atoms with Gasteiger partial charge in [0.15, 0.2) is 0 Å². The molecular formula is C22H25N3OS. The summed E-state index contributed by atoms with van der Waals surface area (Å²) in [7, 11) is 0. The Kier molecular flexibility index (Phi) is 4.87. The van der Waals surface area contributed by atoms with Crippen LogP contribution < -0.4 is 11.1 Å². The van der Waals surface area contributed by atoms with Crippen molar-refractivity contribution < 1.29 is 4.79 Å². The van der Waals surface area contributed by atoms with Gasteiger partial charge in [-0.25, -0.2) is 4.98 Å². The molecule has 3 aromatic rings. The molecule has 2 atom stereocenters. The number of carbonyl (C=O) groups excluding carboxylic acids is 1. The van der Waals surface area contributed by atoms with Crippen LogP contribution in [0.5, 0.6) is 0 Å². The topological polar surface area (TPSA) is 68.0 Å². The summed E-state index contributed by atoms with van der Waals surface area (Å²) in [4.78, 5) is 19.1. The standard InChI is InChI=1S/C22H25N3OS/c1-3-14-9-10-18-16(11-14)12-17-19(23)20(27-22(17)25-18)21(26)24-13(2)15-7-5-4-6-8-15/h4-8,12-14H,3,9-11,23H2,1-2H3,(H,24,26). The summed E-state index contributed by atoms with van der Waals surface area (Å²) in [5.74, 6) is 0.599. The number of nitrogens with one attached hydrogen (secondary N) is 1. The Morgan fingerprint density at radius 3 is 2.89 bits per heavy atom. The summed E-state index contributed by atoms with van der Waals surface area (Å²) in [5.41, 5.74) is 10.5. The van der Waals surface area contributed by atoms with Gasteiger partial charge >= 0.3 is 0 Å². The molecule has 4 rings (SSSR count). The molecule has 2 unspecified atom stereocenters. The highest BCUT2D eigenvalue weighted by atomic mass is 32.1. The molecule has 1 aliphatic carbocycles. The molecule has 0 bridgehead atoms. The van der Waals surface area contributed by atoms with Gasteiger partial charge in [0, 0.05) is 11.1 Å². The zero-order chi connectivity index (χ0) is 19.0. The van der Waals surface area contributed by atoms with E-state index < -0.39 is 0 Å². The van der Waals surface area contributed by atoms with E-state index >= 15 is 0 Å². The molecule has 2 aromatic heterocycles. The normalized spacial score (nSPS) is 17.5. The number of pyridine rings is 1. The van der Waals surface area contributed by atoms with Crippen LogP contribution in [0.1, 0.15) is 59.2 Å².